The fourth-order valence-corrected chi connectivity index (χ4v) is 8.84. The van der Waals surface area contributed by atoms with E-state index < -0.39 is 5.79 Å². The zero-order chi connectivity index (χ0) is 26.5. The third kappa shape index (κ3) is 4.85. The van der Waals surface area contributed by atoms with E-state index in [0.29, 0.717) is 11.8 Å². The third-order valence-corrected chi connectivity index (χ3v) is 10.6. The molecular formula is C33H52O3. The molecule has 0 amide bonds. The largest absolute Gasteiger partial charge is 0.389 e. The SMILES string of the molecule is CC(C)=CCC/C(C)=C/C=C/C(C)=C1\[C@@H](O)C[C@H]2[C@@]3(C)CC[C@@H]4OC(C)(C)OC[C@]4(C)[C@@H]3CC[C@]12C. The van der Waals surface area contributed by atoms with Gasteiger partial charge >= 0.3 is 0 Å². The molecule has 0 unspecified atom stereocenters. The summed E-state index contributed by atoms with van der Waals surface area (Å²) >= 11 is 0. The van der Waals surface area contributed by atoms with E-state index in [1.807, 2.05) is 0 Å². The van der Waals surface area contributed by atoms with Crippen molar-refractivity contribution in [2.45, 2.75) is 125 Å². The van der Waals surface area contributed by atoms with E-state index in [-0.39, 0.29) is 28.5 Å². The average molecular weight is 497 g/mol. The van der Waals surface area contributed by atoms with Crippen molar-refractivity contribution >= 4 is 0 Å². The van der Waals surface area contributed by atoms with Crippen molar-refractivity contribution in [3.8, 4) is 0 Å². The van der Waals surface area contributed by atoms with Gasteiger partial charge in [-0.25, -0.2) is 0 Å². The van der Waals surface area contributed by atoms with Crippen molar-refractivity contribution in [1.82, 2.24) is 0 Å². The first-order valence-electron chi connectivity index (χ1n) is 14.4. The molecule has 4 fully saturated rings. The fraction of sp³-hybridized carbons (Fsp3) is 0.758. The summed E-state index contributed by atoms with van der Waals surface area (Å²) in [4.78, 5) is 0. The zero-order valence-electron chi connectivity index (χ0n) is 24.5. The van der Waals surface area contributed by atoms with Gasteiger partial charge in [0.1, 0.15) is 0 Å². The summed E-state index contributed by atoms with van der Waals surface area (Å²) < 4.78 is 12.7. The van der Waals surface area contributed by atoms with E-state index in [0.717, 1.165) is 38.7 Å². The van der Waals surface area contributed by atoms with Crippen molar-refractivity contribution < 1.29 is 14.6 Å². The lowest BCUT2D eigenvalue weighted by atomic mass is 9.42. The maximum absolute atomic E-state index is 11.4. The van der Waals surface area contributed by atoms with Crippen LogP contribution in [0, 0.1) is 28.1 Å². The van der Waals surface area contributed by atoms with E-state index in [9.17, 15) is 5.11 Å². The fourth-order valence-electron chi connectivity index (χ4n) is 8.84. The Hall–Kier alpha value is -1.16. The zero-order valence-corrected chi connectivity index (χ0v) is 24.5. The maximum atomic E-state index is 11.4. The number of rotatable bonds is 5. The molecular weight excluding hydrogens is 444 g/mol. The number of ether oxygens (including phenoxy) is 2. The van der Waals surface area contributed by atoms with Crippen LogP contribution in [0.3, 0.4) is 0 Å². The van der Waals surface area contributed by atoms with Crippen molar-refractivity contribution in [2.75, 3.05) is 6.61 Å². The van der Waals surface area contributed by atoms with Gasteiger partial charge in [-0.1, -0.05) is 56.2 Å². The number of aliphatic hydroxyl groups is 1. The van der Waals surface area contributed by atoms with Crippen LogP contribution in [0.2, 0.25) is 0 Å². The van der Waals surface area contributed by atoms with Crippen LogP contribution in [0.5, 0.6) is 0 Å². The van der Waals surface area contributed by atoms with Crippen molar-refractivity contribution in [3.63, 3.8) is 0 Å². The highest BCUT2D eigenvalue weighted by Crippen LogP contribution is 2.70. The molecule has 1 saturated heterocycles. The van der Waals surface area contributed by atoms with E-state index in [2.05, 4.69) is 86.6 Å². The van der Waals surface area contributed by atoms with E-state index in [4.69, 9.17) is 9.47 Å². The van der Waals surface area contributed by atoms with Gasteiger partial charge in [-0.3, -0.25) is 0 Å². The predicted octanol–water partition coefficient (Wildman–Crippen LogP) is 8.31. The lowest BCUT2D eigenvalue weighted by Gasteiger charge is -2.65. The highest BCUT2D eigenvalue weighted by atomic mass is 16.7. The second-order valence-electron chi connectivity index (χ2n) is 13.9. The minimum absolute atomic E-state index is 0.0457. The van der Waals surface area contributed by atoms with Gasteiger partial charge in [0.15, 0.2) is 5.79 Å². The van der Waals surface area contributed by atoms with Crippen LogP contribution in [0.4, 0.5) is 0 Å². The van der Waals surface area contributed by atoms with Crippen LogP contribution in [0.25, 0.3) is 0 Å². The van der Waals surface area contributed by atoms with Gasteiger partial charge in [-0.15, -0.1) is 0 Å². The van der Waals surface area contributed by atoms with Crippen molar-refractivity contribution in [3.05, 3.63) is 46.6 Å². The monoisotopic (exact) mass is 496 g/mol. The number of hydrogen-bond acceptors (Lipinski definition) is 3. The Morgan fingerprint density at radius 1 is 0.972 bits per heavy atom. The average Bonchev–Trinajstić information content (AvgIpc) is 3.05. The van der Waals surface area contributed by atoms with Crippen LogP contribution in [-0.2, 0) is 9.47 Å². The molecule has 4 aliphatic rings. The van der Waals surface area contributed by atoms with Crippen LogP contribution in [0.1, 0.15) is 107 Å². The smallest absolute Gasteiger partial charge is 0.163 e. The quantitative estimate of drug-likeness (QED) is 0.307. The van der Waals surface area contributed by atoms with Gasteiger partial charge in [0.05, 0.1) is 18.8 Å². The van der Waals surface area contributed by atoms with Gasteiger partial charge in [0.2, 0.25) is 0 Å². The summed E-state index contributed by atoms with van der Waals surface area (Å²) in [7, 11) is 0. The minimum atomic E-state index is -0.484. The summed E-state index contributed by atoms with van der Waals surface area (Å²) in [6.07, 6.45) is 16.6. The molecule has 4 rings (SSSR count). The number of fused-ring (bicyclic) bond motifs is 5. The van der Waals surface area contributed by atoms with E-state index in [1.165, 1.54) is 35.1 Å². The molecule has 3 saturated carbocycles. The van der Waals surface area contributed by atoms with Gasteiger partial charge in [-0.05, 0) is 120 Å². The molecule has 1 aliphatic heterocycles. The highest BCUT2D eigenvalue weighted by molar-refractivity contribution is 5.38. The molecule has 202 valence electrons. The second kappa shape index (κ2) is 9.86. The van der Waals surface area contributed by atoms with Crippen LogP contribution < -0.4 is 0 Å². The first kappa shape index (κ1) is 27.9. The molecule has 0 aromatic heterocycles. The molecule has 3 aliphatic carbocycles. The lowest BCUT2D eigenvalue weighted by molar-refractivity contribution is -0.347. The Balaban J connectivity index is 1.56. The normalized spacial score (nSPS) is 43.6. The molecule has 0 aromatic rings. The van der Waals surface area contributed by atoms with Crippen LogP contribution in [-0.4, -0.2) is 29.7 Å². The molecule has 0 radical (unpaired) electrons. The number of aliphatic hydroxyl groups excluding tert-OH is 1. The molecule has 36 heavy (non-hydrogen) atoms. The first-order chi connectivity index (χ1) is 16.7. The number of hydrogen-bond donors (Lipinski definition) is 1. The summed E-state index contributed by atoms with van der Waals surface area (Å²) in [5, 5.41) is 11.4. The first-order valence-corrected chi connectivity index (χ1v) is 14.4. The van der Waals surface area contributed by atoms with Crippen LogP contribution in [0.15, 0.2) is 46.6 Å². The van der Waals surface area contributed by atoms with Crippen molar-refractivity contribution in [2.24, 2.45) is 28.1 Å². The molecule has 1 N–H and O–H groups in total. The highest BCUT2D eigenvalue weighted by Gasteiger charge is 2.66. The Labute approximate surface area is 221 Å². The second-order valence-corrected chi connectivity index (χ2v) is 13.9. The summed E-state index contributed by atoms with van der Waals surface area (Å²) in [6, 6.07) is 0. The molecule has 7 atom stereocenters. The molecule has 0 spiro atoms. The van der Waals surface area contributed by atoms with Gasteiger partial charge in [0, 0.05) is 5.41 Å². The van der Waals surface area contributed by atoms with E-state index in [1.54, 1.807) is 0 Å². The van der Waals surface area contributed by atoms with Gasteiger partial charge < -0.3 is 14.6 Å². The summed E-state index contributed by atoms with van der Waals surface area (Å²) in [5.41, 5.74) is 5.63. The predicted molar refractivity (Wildman–Crippen MR) is 150 cm³/mol. The Morgan fingerprint density at radius 2 is 1.69 bits per heavy atom. The molecule has 0 aromatic carbocycles. The molecule has 3 heteroatoms. The minimum Gasteiger partial charge on any atom is -0.389 e. The Kier molecular flexibility index (Phi) is 7.63. The van der Waals surface area contributed by atoms with Gasteiger partial charge in [0.25, 0.3) is 0 Å². The molecule has 1 heterocycles. The van der Waals surface area contributed by atoms with E-state index >= 15 is 0 Å². The Bertz CT molecular complexity index is 963. The summed E-state index contributed by atoms with van der Waals surface area (Å²) in [5.74, 6) is 0.570. The standard InChI is InChI=1S/C33H52O3/c1-22(2)12-10-13-23(3)14-11-15-24(4)29-25(34)20-27-31(7)19-17-28-33(9,21-35-30(5,6)36-28)26(31)16-18-32(27,29)8/h11-12,14-15,25-28,34H,10,13,16-21H2,1-9H3/b15-11+,23-14+,29-24+/t25-,26+,27-,28-,31-,32-,33+/m0/s1. The summed E-state index contributed by atoms with van der Waals surface area (Å²) in [6.45, 7) is 21.0. The topological polar surface area (TPSA) is 38.7 Å². The Morgan fingerprint density at radius 3 is 2.39 bits per heavy atom. The third-order valence-electron chi connectivity index (χ3n) is 10.6. The maximum Gasteiger partial charge on any atom is 0.163 e. The van der Waals surface area contributed by atoms with Gasteiger partial charge in [-0.2, -0.15) is 0 Å². The molecule has 0 bridgehead atoms. The molecule has 3 nitrogen and oxygen atoms in total. The van der Waals surface area contributed by atoms with Crippen molar-refractivity contribution in [1.29, 1.82) is 0 Å². The van der Waals surface area contributed by atoms with Crippen LogP contribution >= 0.6 is 0 Å². The number of allylic oxidation sites excluding steroid dienone is 7. The lowest BCUT2D eigenvalue weighted by Crippen LogP contribution is -2.64.